The van der Waals surface area contributed by atoms with E-state index in [2.05, 4.69) is 38.2 Å². The lowest BCUT2D eigenvalue weighted by Gasteiger charge is -2.43. The van der Waals surface area contributed by atoms with Gasteiger partial charge in [-0.05, 0) is 54.2 Å². The van der Waals surface area contributed by atoms with Gasteiger partial charge in [0.1, 0.15) is 0 Å². The largest absolute Gasteiger partial charge is 0.381 e. The summed E-state index contributed by atoms with van der Waals surface area (Å²) >= 11 is 0. The predicted molar refractivity (Wildman–Crippen MR) is 77.8 cm³/mol. The second-order valence-electron chi connectivity index (χ2n) is 7.19. The molecule has 0 heterocycles. The van der Waals surface area contributed by atoms with Crippen molar-refractivity contribution >= 4 is 5.69 Å². The fourth-order valence-electron chi connectivity index (χ4n) is 4.51. The lowest BCUT2D eigenvalue weighted by Crippen LogP contribution is -2.45. The third-order valence-electron chi connectivity index (χ3n) is 5.57. The van der Waals surface area contributed by atoms with Crippen molar-refractivity contribution < 1.29 is 0 Å². The molecule has 1 aromatic rings. The van der Waals surface area contributed by atoms with Crippen molar-refractivity contribution in [3.05, 3.63) is 29.8 Å². The molecule has 0 saturated heterocycles. The molecule has 19 heavy (non-hydrogen) atoms. The van der Waals surface area contributed by atoms with Crippen LogP contribution in [0.1, 0.15) is 45.6 Å². The van der Waals surface area contributed by atoms with E-state index in [1.807, 2.05) is 18.2 Å². The van der Waals surface area contributed by atoms with E-state index in [4.69, 9.17) is 5.26 Å². The third kappa shape index (κ3) is 1.84. The highest BCUT2D eigenvalue weighted by Gasteiger charge is 2.59. The first-order valence-electron chi connectivity index (χ1n) is 7.22. The molecule has 0 spiro atoms. The SMILES string of the molecule is CC12CCC(C1)C(C)(C)C2Nc1cccc(C#N)c1. The Morgan fingerprint density at radius 2 is 2.11 bits per heavy atom. The van der Waals surface area contributed by atoms with Gasteiger partial charge < -0.3 is 5.32 Å². The van der Waals surface area contributed by atoms with E-state index in [1.54, 1.807) is 0 Å². The average Bonchev–Trinajstić information content (AvgIpc) is 2.86. The number of fused-ring (bicyclic) bond motifs is 2. The number of benzene rings is 1. The van der Waals surface area contributed by atoms with Crippen LogP contribution in [0.25, 0.3) is 0 Å². The van der Waals surface area contributed by atoms with Crippen LogP contribution in [0.5, 0.6) is 0 Å². The van der Waals surface area contributed by atoms with Gasteiger partial charge in [0.05, 0.1) is 11.6 Å². The van der Waals surface area contributed by atoms with Crippen molar-refractivity contribution in [1.29, 1.82) is 5.26 Å². The quantitative estimate of drug-likeness (QED) is 0.859. The van der Waals surface area contributed by atoms with Crippen molar-refractivity contribution in [3.63, 3.8) is 0 Å². The second-order valence-corrected chi connectivity index (χ2v) is 7.19. The lowest BCUT2D eigenvalue weighted by atomic mass is 9.68. The van der Waals surface area contributed by atoms with Crippen LogP contribution in [-0.4, -0.2) is 6.04 Å². The van der Waals surface area contributed by atoms with Gasteiger partial charge >= 0.3 is 0 Å². The van der Waals surface area contributed by atoms with Crippen LogP contribution in [0, 0.1) is 28.1 Å². The molecule has 3 unspecified atom stereocenters. The summed E-state index contributed by atoms with van der Waals surface area (Å²) in [6.07, 6.45) is 4.05. The van der Waals surface area contributed by atoms with Gasteiger partial charge in [0.25, 0.3) is 0 Å². The van der Waals surface area contributed by atoms with Gasteiger partial charge in [0.2, 0.25) is 0 Å². The first-order valence-corrected chi connectivity index (χ1v) is 7.22. The summed E-state index contributed by atoms with van der Waals surface area (Å²) in [5.74, 6) is 0.842. The van der Waals surface area contributed by atoms with E-state index in [0.29, 0.717) is 16.9 Å². The molecule has 2 saturated carbocycles. The highest BCUT2D eigenvalue weighted by molar-refractivity contribution is 5.51. The monoisotopic (exact) mass is 254 g/mol. The summed E-state index contributed by atoms with van der Waals surface area (Å²) in [6.45, 7) is 7.22. The van der Waals surface area contributed by atoms with Crippen LogP contribution in [-0.2, 0) is 0 Å². The van der Waals surface area contributed by atoms with Crippen molar-refractivity contribution in [2.75, 3.05) is 5.32 Å². The maximum Gasteiger partial charge on any atom is 0.0992 e. The third-order valence-corrected chi connectivity index (χ3v) is 5.57. The number of nitriles is 1. The summed E-state index contributed by atoms with van der Waals surface area (Å²) in [6, 6.07) is 10.6. The Labute approximate surface area is 115 Å². The Bertz CT molecular complexity index is 536. The predicted octanol–water partition coefficient (Wildman–Crippen LogP) is 4.18. The smallest absolute Gasteiger partial charge is 0.0992 e. The van der Waals surface area contributed by atoms with Crippen LogP contribution in [0.2, 0.25) is 0 Å². The molecular weight excluding hydrogens is 232 g/mol. The first-order chi connectivity index (χ1) is 8.95. The number of anilines is 1. The first kappa shape index (κ1) is 12.5. The molecule has 2 bridgehead atoms. The molecule has 2 heteroatoms. The number of nitrogens with one attached hydrogen (secondary N) is 1. The summed E-state index contributed by atoms with van der Waals surface area (Å²) in [5, 5.41) is 12.7. The van der Waals surface area contributed by atoms with Gasteiger partial charge in [-0.3, -0.25) is 0 Å². The van der Waals surface area contributed by atoms with Crippen LogP contribution in [0.15, 0.2) is 24.3 Å². The van der Waals surface area contributed by atoms with Gasteiger partial charge in [0.15, 0.2) is 0 Å². The standard InChI is InChI=1S/C17H22N2/c1-16(2)13-7-8-17(3,10-13)15(16)19-14-6-4-5-12(9-14)11-18/h4-6,9,13,15,19H,7-8,10H2,1-3H3. The van der Waals surface area contributed by atoms with E-state index >= 15 is 0 Å². The number of hydrogen-bond donors (Lipinski definition) is 1. The van der Waals surface area contributed by atoms with Gasteiger partial charge in [0, 0.05) is 11.7 Å². The van der Waals surface area contributed by atoms with Crippen LogP contribution in [0.3, 0.4) is 0 Å². The lowest BCUT2D eigenvalue weighted by molar-refractivity contribution is 0.155. The zero-order valence-electron chi connectivity index (χ0n) is 12.0. The minimum Gasteiger partial charge on any atom is -0.381 e. The fourth-order valence-corrected chi connectivity index (χ4v) is 4.51. The zero-order chi connectivity index (χ0) is 13.7. The molecule has 0 radical (unpaired) electrons. The molecule has 3 rings (SSSR count). The molecular formula is C17H22N2. The fraction of sp³-hybridized carbons (Fsp3) is 0.588. The molecule has 2 nitrogen and oxygen atoms in total. The molecule has 3 atom stereocenters. The van der Waals surface area contributed by atoms with Crippen LogP contribution in [0.4, 0.5) is 5.69 Å². The van der Waals surface area contributed by atoms with E-state index in [9.17, 15) is 0 Å². The Morgan fingerprint density at radius 3 is 2.74 bits per heavy atom. The molecule has 2 aliphatic rings. The Morgan fingerprint density at radius 1 is 1.32 bits per heavy atom. The Balaban J connectivity index is 1.88. The van der Waals surface area contributed by atoms with Crippen molar-refractivity contribution in [1.82, 2.24) is 0 Å². The maximum absolute atomic E-state index is 9.00. The van der Waals surface area contributed by atoms with Gasteiger partial charge in [-0.15, -0.1) is 0 Å². The number of rotatable bonds is 2. The van der Waals surface area contributed by atoms with E-state index < -0.39 is 0 Å². The number of hydrogen-bond acceptors (Lipinski definition) is 2. The van der Waals surface area contributed by atoms with Crippen molar-refractivity contribution in [2.45, 2.75) is 46.1 Å². The van der Waals surface area contributed by atoms with Gasteiger partial charge in [-0.2, -0.15) is 5.26 Å². The normalized spacial score (nSPS) is 35.1. The topological polar surface area (TPSA) is 35.8 Å². The highest BCUT2D eigenvalue weighted by Crippen LogP contribution is 2.63. The Hall–Kier alpha value is -1.49. The molecule has 2 fully saturated rings. The second kappa shape index (κ2) is 4.00. The summed E-state index contributed by atoms with van der Waals surface area (Å²) in [4.78, 5) is 0. The van der Waals surface area contributed by atoms with Crippen molar-refractivity contribution in [3.8, 4) is 6.07 Å². The van der Waals surface area contributed by atoms with E-state index in [0.717, 1.165) is 17.2 Å². The van der Waals surface area contributed by atoms with Gasteiger partial charge in [-0.25, -0.2) is 0 Å². The highest BCUT2D eigenvalue weighted by atomic mass is 15.0. The zero-order valence-corrected chi connectivity index (χ0v) is 12.0. The average molecular weight is 254 g/mol. The summed E-state index contributed by atoms with van der Waals surface area (Å²) in [5.41, 5.74) is 2.58. The minimum atomic E-state index is 0.343. The molecule has 0 aliphatic heterocycles. The van der Waals surface area contributed by atoms with Crippen LogP contribution >= 0.6 is 0 Å². The van der Waals surface area contributed by atoms with Crippen molar-refractivity contribution in [2.24, 2.45) is 16.7 Å². The molecule has 0 aromatic heterocycles. The molecule has 0 amide bonds. The summed E-state index contributed by atoms with van der Waals surface area (Å²) in [7, 11) is 0. The molecule has 1 aromatic carbocycles. The van der Waals surface area contributed by atoms with Crippen LogP contribution < -0.4 is 5.32 Å². The number of nitrogens with zero attached hydrogens (tertiary/aromatic N) is 1. The van der Waals surface area contributed by atoms with E-state index in [1.165, 1.54) is 19.3 Å². The van der Waals surface area contributed by atoms with Gasteiger partial charge in [-0.1, -0.05) is 26.8 Å². The maximum atomic E-state index is 9.00. The molecule has 100 valence electrons. The summed E-state index contributed by atoms with van der Waals surface area (Å²) < 4.78 is 0. The molecule has 1 N–H and O–H groups in total. The minimum absolute atomic E-state index is 0.343. The Kier molecular flexibility index (Phi) is 2.64. The van der Waals surface area contributed by atoms with E-state index in [-0.39, 0.29) is 0 Å². The molecule has 2 aliphatic carbocycles.